The lowest BCUT2D eigenvalue weighted by atomic mass is 9.83. The summed E-state index contributed by atoms with van der Waals surface area (Å²) in [4.78, 5) is 41.9. The lowest BCUT2D eigenvalue weighted by molar-refractivity contribution is -0.150. The zero-order valence-electron chi connectivity index (χ0n) is 16.5. The molecule has 0 unspecified atom stereocenters. The molecule has 0 bridgehead atoms. The molecular weight excluding hydrogens is 384 g/mol. The van der Waals surface area contributed by atoms with Crippen molar-refractivity contribution in [3.8, 4) is 11.1 Å². The van der Waals surface area contributed by atoms with E-state index in [0.29, 0.717) is 38.3 Å². The third kappa shape index (κ3) is 3.49. The summed E-state index contributed by atoms with van der Waals surface area (Å²) in [6.07, 6.45) is 0. The monoisotopic (exact) mass is 408 g/mol. The molecule has 8 nitrogen and oxygen atoms in total. The van der Waals surface area contributed by atoms with E-state index in [2.05, 4.69) is 15.5 Å². The van der Waals surface area contributed by atoms with Gasteiger partial charge >= 0.3 is 6.03 Å². The zero-order chi connectivity index (χ0) is 21.1. The molecule has 2 aromatic rings. The average Bonchev–Trinajstić information content (AvgIpc) is 2.76. The molecule has 4 amide bonds. The maximum atomic E-state index is 13.1. The van der Waals surface area contributed by atoms with Crippen LogP contribution < -0.4 is 10.6 Å². The van der Waals surface area contributed by atoms with Crippen LogP contribution in [0.2, 0.25) is 0 Å². The van der Waals surface area contributed by atoms with Gasteiger partial charge in [0.1, 0.15) is 0 Å². The molecule has 2 aromatic carbocycles. The lowest BCUT2D eigenvalue weighted by Crippen LogP contribution is -2.72. The Morgan fingerprint density at radius 2 is 1.37 bits per heavy atom. The van der Waals surface area contributed by atoms with E-state index in [9.17, 15) is 19.5 Å². The fourth-order valence-electron chi connectivity index (χ4n) is 4.24. The number of imide groups is 2. The Balaban J connectivity index is 1.70. The van der Waals surface area contributed by atoms with E-state index in [-0.39, 0.29) is 6.61 Å². The normalized spacial score (nSPS) is 20.0. The molecule has 2 aliphatic heterocycles. The largest absolute Gasteiger partial charge is 0.395 e. The highest BCUT2D eigenvalue weighted by atomic mass is 16.3. The smallest absolute Gasteiger partial charge is 0.328 e. The van der Waals surface area contributed by atoms with Crippen molar-refractivity contribution in [2.24, 2.45) is 0 Å². The number of hydrogen-bond donors (Lipinski definition) is 3. The molecule has 0 aliphatic carbocycles. The second kappa shape index (κ2) is 8.35. The van der Waals surface area contributed by atoms with Crippen molar-refractivity contribution >= 4 is 17.8 Å². The molecule has 2 fully saturated rings. The molecule has 4 rings (SSSR count). The second-order valence-corrected chi connectivity index (χ2v) is 7.44. The summed E-state index contributed by atoms with van der Waals surface area (Å²) in [6.45, 7) is 2.73. The molecule has 2 heterocycles. The van der Waals surface area contributed by atoms with Crippen molar-refractivity contribution in [3.05, 3.63) is 60.2 Å². The number of benzene rings is 2. The summed E-state index contributed by atoms with van der Waals surface area (Å²) in [5, 5.41) is 13.7. The summed E-state index contributed by atoms with van der Waals surface area (Å²) < 4.78 is 0. The average molecular weight is 408 g/mol. The Kier molecular flexibility index (Phi) is 5.63. The van der Waals surface area contributed by atoms with Gasteiger partial charge < -0.3 is 5.11 Å². The summed E-state index contributed by atoms with van der Waals surface area (Å²) in [6, 6.07) is 16.3. The van der Waals surface area contributed by atoms with Crippen molar-refractivity contribution in [2.45, 2.75) is 5.54 Å². The maximum absolute atomic E-state index is 13.1. The lowest BCUT2D eigenvalue weighted by Gasteiger charge is -2.46. The number of nitrogens with zero attached hydrogens (tertiary/aromatic N) is 2. The molecule has 0 spiro atoms. The molecular formula is C22H24N4O4. The highest BCUT2D eigenvalue weighted by Crippen LogP contribution is 2.34. The quantitative estimate of drug-likeness (QED) is 0.624. The van der Waals surface area contributed by atoms with Gasteiger partial charge in [0.15, 0.2) is 0 Å². The Morgan fingerprint density at radius 3 is 1.93 bits per heavy atom. The Bertz CT molecular complexity index is 917. The highest BCUT2D eigenvalue weighted by Gasteiger charge is 2.56. The number of aliphatic hydroxyl groups is 1. The van der Waals surface area contributed by atoms with Gasteiger partial charge in [-0.05, 0) is 16.7 Å². The van der Waals surface area contributed by atoms with E-state index in [1.165, 1.54) is 0 Å². The van der Waals surface area contributed by atoms with E-state index in [4.69, 9.17) is 0 Å². The number of piperazine rings is 1. The predicted octanol–water partition coefficient (Wildman–Crippen LogP) is 0.525. The number of carbonyl (C=O) groups excluding carboxylic acids is 3. The maximum Gasteiger partial charge on any atom is 0.328 e. The van der Waals surface area contributed by atoms with Crippen LogP contribution in [0, 0.1) is 0 Å². The fourth-order valence-corrected chi connectivity index (χ4v) is 4.24. The Hall–Kier alpha value is -3.07. The molecule has 0 aromatic heterocycles. The van der Waals surface area contributed by atoms with Gasteiger partial charge in [0, 0.05) is 32.7 Å². The van der Waals surface area contributed by atoms with E-state index < -0.39 is 23.4 Å². The number of nitrogens with one attached hydrogen (secondary N) is 2. The number of aliphatic hydroxyl groups excluding tert-OH is 1. The second-order valence-electron chi connectivity index (χ2n) is 7.44. The van der Waals surface area contributed by atoms with Crippen molar-refractivity contribution in [1.29, 1.82) is 0 Å². The van der Waals surface area contributed by atoms with Gasteiger partial charge in [-0.25, -0.2) is 4.79 Å². The number of urea groups is 1. The van der Waals surface area contributed by atoms with Gasteiger partial charge in [-0.3, -0.25) is 30.0 Å². The summed E-state index contributed by atoms with van der Waals surface area (Å²) in [7, 11) is 0. The van der Waals surface area contributed by atoms with Crippen LogP contribution in [0.5, 0.6) is 0 Å². The van der Waals surface area contributed by atoms with Crippen LogP contribution in [0.4, 0.5) is 4.79 Å². The predicted molar refractivity (Wildman–Crippen MR) is 110 cm³/mol. The van der Waals surface area contributed by atoms with Crippen LogP contribution in [0.25, 0.3) is 11.1 Å². The molecule has 2 saturated heterocycles. The van der Waals surface area contributed by atoms with Crippen LogP contribution in [0.3, 0.4) is 0 Å². The minimum atomic E-state index is -1.62. The van der Waals surface area contributed by atoms with Crippen molar-refractivity contribution in [1.82, 2.24) is 20.4 Å². The molecule has 0 atom stereocenters. The van der Waals surface area contributed by atoms with E-state index in [0.717, 1.165) is 11.1 Å². The van der Waals surface area contributed by atoms with Gasteiger partial charge in [0.2, 0.25) is 5.54 Å². The first-order valence-electron chi connectivity index (χ1n) is 9.97. The van der Waals surface area contributed by atoms with E-state index in [1.54, 1.807) is 12.1 Å². The first-order valence-corrected chi connectivity index (χ1v) is 9.97. The zero-order valence-corrected chi connectivity index (χ0v) is 16.5. The number of carbonyl (C=O) groups is 3. The molecule has 8 heteroatoms. The van der Waals surface area contributed by atoms with Gasteiger partial charge in [-0.1, -0.05) is 54.6 Å². The number of β-amino-alcohol motifs (C(OH)–C–C–N with tert-alkyl or cyclic N) is 1. The van der Waals surface area contributed by atoms with E-state index in [1.807, 2.05) is 47.4 Å². The van der Waals surface area contributed by atoms with Crippen LogP contribution in [0.1, 0.15) is 5.56 Å². The van der Waals surface area contributed by atoms with Crippen molar-refractivity contribution in [3.63, 3.8) is 0 Å². The first-order chi connectivity index (χ1) is 14.6. The van der Waals surface area contributed by atoms with Crippen molar-refractivity contribution < 1.29 is 19.5 Å². The third-order valence-electron chi connectivity index (χ3n) is 5.78. The minimum absolute atomic E-state index is 0.0571. The summed E-state index contributed by atoms with van der Waals surface area (Å²) in [5.41, 5.74) is 0.896. The number of hydrogen-bond acceptors (Lipinski definition) is 6. The molecule has 30 heavy (non-hydrogen) atoms. The van der Waals surface area contributed by atoms with Crippen molar-refractivity contribution in [2.75, 3.05) is 39.3 Å². The Morgan fingerprint density at radius 1 is 0.800 bits per heavy atom. The summed E-state index contributed by atoms with van der Waals surface area (Å²) >= 11 is 0. The SMILES string of the molecule is O=C1NC(=O)C(c2ccc(-c3ccccc3)cc2)(N2CCN(CCO)CC2)C(=O)N1. The van der Waals surface area contributed by atoms with Gasteiger partial charge in [0.25, 0.3) is 11.8 Å². The highest BCUT2D eigenvalue weighted by molar-refractivity contribution is 6.22. The third-order valence-corrected chi connectivity index (χ3v) is 5.78. The number of barbiturate groups is 1. The molecule has 3 N–H and O–H groups in total. The first kappa shape index (κ1) is 20.2. The fraction of sp³-hybridized carbons (Fsp3) is 0.318. The van der Waals surface area contributed by atoms with Gasteiger partial charge in [0.05, 0.1) is 6.61 Å². The Labute approximate surface area is 174 Å². The minimum Gasteiger partial charge on any atom is -0.395 e. The van der Waals surface area contributed by atoms with Crippen LogP contribution >= 0.6 is 0 Å². The molecule has 0 saturated carbocycles. The van der Waals surface area contributed by atoms with Crippen LogP contribution in [0.15, 0.2) is 54.6 Å². The molecule has 2 aliphatic rings. The topological polar surface area (TPSA) is 102 Å². The van der Waals surface area contributed by atoms with Crippen LogP contribution in [-0.4, -0.2) is 72.1 Å². The molecule has 156 valence electrons. The van der Waals surface area contributed by atoms with Crippen LogP contribution in [-0.2, 0) is 15.1 Å². The van der Waals surface area contributed by atoms with Gasteiger partial charge in [-0.2, -0.15) is 0 Å². The number of rotatable bonds is 5. The van der Waals surface area contributed by atoms with Gasteiger partial charge in [-0.15, -0.1) is 0 Å². The standard InChI is InChI=1S/C22H24N4O4/c27-15-14-25-10-12-26(13-11-25)22(19(28)23-21(30)24-20(22)29)18-8-6-17(7-9-18)16-4-2-1-3-5-16/h1-9,27H,10-15H2,(H2,23,24,28,29,30). The van der Waals surface area contributed by atoms with E-state index >= 15 is 0 Å². The summed E-state index contributed by atoms with van der Waals surface area (Å²) in [5.74, 6) is -1.28. The number of amides is 4. The molecule has 0 radical (unpaired) electrons.